The lowest BCUT2D eigenvalue weighted by molar-refractivity contribution is -0.126. The number of carbonyl (C=O) groups is 2. The quantitative estimate of drug-likeness (QED) is 0.806. The first kappa shape index (κ1) is 14.0. The number of imide groups is 1. The standard InChI is InChI=1S/C12H16N2O4/c1-8(15)14(7-6-13)12(17)11-9(16)4-3-5-10(11)18-2/h3-5,16H,6-7,13H2,1-2H3. The summed E-state index contributed by atoms with van der Waals surface area (Å²) < 4.78 is 5.01. The molecule has 0 bridgehead atoms. The van der Waals surface area contributed by atoms with Crippen LogP contribution in [0.1, 0.15) is 17.3 Å². The summed E-state index contributed by atoms with van der Waals surface area (Å²) in [5.74, 6) is -1.08. The van der Waals surface area contributed by atoms with E-state index < -0.39 is 11.8 Å². The Hall–Kier alpha value is -2.08. The lowest BCUT2D eigenvalue weighted by atomic mass is 10.1. The Morgan fingerprint density at radius 3 is 2.61 bits per heavy atom. The summed E-state index contributed by atoms with van der Waals surface area (Å²) >= 11 is 0. The van der Waals surface area contributed by atoms with Gasteiger partial charge in [-0.05, 0) is 12.1 Å². The molecule has 1 aromatic carbocycles. The Bertz CT molecular complexity index is 459. The fourth-order valence-electron chi connectivity index (χ4n) is 1.57. The molecule has 0 aromatic heterocycles. The molecule has 0 heterocycles. The van der Waals surface area contributed by atoms with Crippen LogP contribution in [0.25, 0.3) is 0 Å². The minimum absolute atomic E-state index is 0.0383. The predicted molar refractivity (Wildman–Crippen MR) is 65.4 cm³/mol. The molecule has 0 saturated heterocycles. The molecule has 0 saturated carbocycles. The van der Waals surface area contributed by atoms with Gasteiger partial charge in [0.05, 0.1) is 7.11 Å². The number of hydrogen-bond acceptors (Lipinski definition) is 5. The first-order chi connectivity index (χ1) is 8.52. The number of nitrogens with zero attached hydrogens (tertiary/aromatic N) is 1. The summed E-state index contributed by atoms with van der Waals surface area (Å²) in [5, 5.41) is 9.72. The zero-order valence-corrected chi connectivity index (χ0v) is 10.3. The summed E-state index contributed by atoms with van der Waals surface area (Å²) in [6.07, 6.45) is 0. The molecule has 6 nitrogen and oxygen atoms in total. The van der Waals surface area contributed by atoms with E-state index in [-0.39, 0.29) is 30.2 Å². The fraction of sp³-hybridized carbons (Fsp3) is 0.333. The zero-order valence-electron chi connectivity index (χ0n) is 10.3. The van der Waals surface area contributed by atoms with E-state index in [4.69, 9.17) is 10.5 Å². The maximum absolute atomic E-state index is 12.2. The molecule has 18 heavy (non-hydrogen) atoms. The molecule has 0 spiro atoms. The highest BCUT2D eigenvalue weighted by Gasteiger charge is 2.25. The van der Waals surface area contributed by atoms with Crippen molar-refractivity contribution >= 4 is 11.8 Å². The number of carbonyl (C=O) groups excluding carboxylic acids is 2. The molecule has 1 aromatic rings. The van der Waals surface area contributed by atoms with Crippen molar-refractivity contribution < 1.29 is 19.4 Å². The van der Waals surface area contributed by atoms with Crippen molar-refractivity contribution in [3.8, 4) is 11.5 Å². The molecule has 2 amide bonds. The minimum atomic E-state index is -0.622. The summed E-state index contributed by atoms with van der Waals surface area (Å²) in [6, 6.07) is 4.44. The van der Waals surface area contributed by atoms with Crippen molar-refractivity contribution in [3.63, 3.8) is 0 Å². The number of phenolic OH excluding ortho intramolecular Hbond substituents is 1. The van der Waals surface area contributed by atoms with Gasteiger partial charge < -0.3 is 15.6 Å². The first-order valence-electron chi connectivity index (χ1n) is 5.41. The zero-order chi connectivity index (χ0) is 13.7. The Morgan fingerprint density at radius 1 is 1.44 bits per heavy atom. The van der Waals surface area contributed by atoms with E-state index in [2.05, 4.69) is 0 Å². The highest BCUT2D eigenvalue weighted by Crippen LogP contribution is 2.28. The van der Waals surface area contributed by atoms with Gasteiger partial charge in [-0.2, -0.15) is 0 Å². The van der Waals surface area contributed by atoms with E-state index in [1.807, 2.05) is 0 Å². The van der Waals surface area contributed by atoms with Gasteiger partial charge in [0.2, 0.25) is 5.91 Å². The minimum Gasteiger partial charge on any atom is -0.507 e. The number of ether oxygens (including phenoxy) is 1. The van der Waals surface area contributed by atoms with Gasteiger partial charge in [-0.15, -0.1) is 0 Å². The summed E-state index contributed by atoms with van der Waals surface area (Å²) in [7, 11) is 1.38. The predicted octanol–water partition coefficient (Wildman–Crippen LogP) is 0.348. The van der Waals surface area contributed by atoms with Crippen LogP contribution in [0.2, 0.25) is 0 Å². The van der Waals surface area contributed by atoms with Crippen molar-refractivity contribution in [2.45, 2.75) is 6.92 Å². The highest BCUT2D eigenvalue weighted by atomic mass is 16.5. The van der Waals surface area contributed by atoms with E-state index in [0.29, 0.717) is 0 Å². The third kappa shape index (κ3) is 2.78. The van der Waals surface area contributed by atoms with E-state index in [9.17, 15) is 14.7 Å². The third-order valence-corrected chi connectivity index (χ3v) is 2.42. The van der Waals surface area contributed by atoms with E-state index in [1.165, 1.54) is 26.2 Å². The van der Waals surface area contributed by atoms with Crippen LogP contribution in [0.5, 0.6) is 11.5 Å². The van der Waals surface area contributed by atoms with Gasteiger partial charge in [0.15, 0.2) is 0 Å². The lowest BCUT2D eigenvalue weighted by Crippen LogP contribution is -2.39. The topological polar surface area (TPSA) is 92.9 Å². The maximum Gasteiger partial charge on any atom is 0.268 e. The number of amides is 2. The second-order valence-corrected chi connectivity index (χ2v) is 3.62. The second kappa shape index (κ2) is 6.02. The molecule has 6 heteroatoms. The molecular weight excluding hydrogens is 236 g/mol. The van der Waals surface area contributed by atoms with E-state index in [1.54, 1.807) is 6.07 Å². The Kier molecular flexibility index (Phi) is 4.67. The summed E-state index contributed by atoms with van der Waals surface area (Å²) in [4.78, 5) is 24.5. The molecular formula is C12H16N2O4. The molecule has 98 valence electrons. The SMILES string of the molecule is COc1cccc(O)c1C(=O)N(CCN)C(C)=O. The summed E-state index contributed by atoms with van der Waals surface area (Å²) in [5.41, 5.74) is 5.31. The van der Waals surface area contributed by atoms with Crippen LogP contribution >= 0.6 is 0 Å². The molecule has 0 radical (unpaired) electrons. The van der Waals surface area contributed by atoms with Gasteiger partial charge in [0.25, 0.3) is 5.91 Å². The second-order valence-electron chi connectivity index (χ2n) is 3.62. The highest BCUT2D eigenvalue weighted by molar-refractivity contribution is 6.07. The maximum atomic E-state index is 12.2. The monoisotopic (exact) mass is 252 g/mol. The summed E-state index contributed by atoms with van der Waals surface area (Å²) in [6.45, 7) is 1.51. The average Bonchev–Trinajstić information content (AvgIpc) is 2.34. The molecule has 0 aliphatic rings. The van der Waals surface area contributed by atoms with Gasteiger partial charge in [-0.3, -0.25) is 14.5 Å². The third-order valence-electron chi connectivity index (χ3n) is 2.42. The van der Waals surface area contributed by atoms with Crippen LogP contribution in [0.15, 0.2) is 18.2 Å². The molecule has 0 aliphatic carbocycles. The number of phenols is 1. The Balaban J connectivity index is 3.19. The number of rotatable bonds is 4. The van der Waals surface area contributed by atoms with E-state index in [0.717, 1.165) is 4.90 Å². The number of hydrogen-bond donors (Lipinski definition) is 2. The lowest BCUT2D eigenvalue weighted by Gasteiger charge is -2.20. The van der Waals surface area contributed by atoms with Gasteiger partial charge in [-0.1, -0.05) is 6.07 Å². The normalized spacial score (nSPS) is 9.94. The molecule has 3 N–H and O–H groups in total. The first-order valence-corrected chi connectivity index (χ1v) is 5.41. The largest absolute Gasteiger partial charge is 0.507 e. The average molecular weight is 252 g/mol. The van der Waals surface area contributed by atoms with Crippen molar-refractivity contribution in [2.24, 2.45) is 5.73 Å². The van der Waals surface area contributed by atoms with E-state index >= 15 is 0 Å². The van der Waals surface area contributed by atoms with Gasteiger partial charge in [-0.25, -0.2) is 0 Å². The van der Waals surface area contributed by atoms with Gasteiger partial charge in [0, 0.05) is 20.0 Å². The molecule has 0 atom stereocenters. The van der Waals surface area contributed by atoms with Crippen molar-refractivity contribution in [2.75, 3.05) is 20.2 Å². The van der Waals surface area contributed by atoms with Gasteiger partial charge >= 0.3 is 0 Å². The van der Waals surface area contributed by atoms with Crippen LogP contribution in [-0.2, 0) is 4.79 Å². The molecule has 1 rings (SSSR count). The molecule has 0 fully saturated rings. The number of nitrogens with two attached hydrogens (primary N) is 1. The molecule has 0 aliphatic heterocycles. The van der Waals surface area contributed by atoms with Crippen LogP contribution in [0.4, 0.5) is 0 Å². The van der Waals surface area contributed by atoms with Crippen LogP contribution in [-0.4, -0.2) is 42.0 Å². The Morgan fingerprint density at radius 2 is 2.11 bits per heavy atom. The Labute approximate surface area is 105 Å². The fourth-order valence-corrected chi connectivity index (χ4v) is 1.57. The number of benzene rings is 1. The smallest absolute Gasteiger partial charge is 0.268 e. The number of methoxy groups -OCH3 is 1. The molecule has 0 unspecified atom stereocenters. The van der Waals surface area contributed by atoms with Crippen molar-refractivity contribution in [3.05, 3.63) is 23.8 Å². The van der Waals surface area contributed by atoms with Crippen molar-refractivity contribution in [1.29, 1.82) is 0 Å². The van der Waals surface area contributed by atoms with Crippen molar-refractivity contribution in [1.82, 2.24) is 4.90 Å². The van der Waals surface area contributed by atoms with Gasteiger partial charge in [0.1, 0.15) is 17.1 Å². The van der Waals surface area contributed by atoms with Crippen LogP contribution in [0.3, 0.4) is 0 Å². The van der Waals surface area contributed by atoms with Crippen LogP contribution in [0, 0.1) is 0 Å². The number of aromatic hydroxyl groups is 1. The van der Waals surface area contributed by atoms with Crippen LogP contribution < -0.4 is 10.5 Å².